The van der Waals surface area contributed by atoms with Crippen LogP contribution in [0.2, 0.25) is 5.02 Å². The number of hydrogen-bond donors (Lipinski definition) is 9. The highest BCUT2D eigenvalue weighted by atomic mass is 35.5. The second-order valence-electron chi connectivity index (χ2n) is 17.3. The lowest BCUT2D eigenvalue weighted by Gasteiger charge is -2.24. The Balaban J connectivity index is 0.870. The summed E-state index contributed by atoms with van der Waals surface area (Å²) in [6.07, 6.45) is -2.00. The van der Waals surface area contributed by atoms with Gasteiger partial charge in [-0.1, -0.05) is 18.0 Å². The summed E-state index contributed by atoms with van der Waals surface area (Å²) in [7, 11) is -13.6. The first kappa shape index (κ1) is 53.6. The van der Waals surface area contributed by atoms with Gasteiger partial charge in [-0.2, -0.15) is 4.98 Å². The summed E-state index contributed by atoms with van der Waals surface area (Å²) in [5.74, 6) is -0.319. The standard InChI is InChI=1S/C42H51ClN11O17P3/c1-64-24-6-8-28-27(13-24)36(25-7-5-23(43)12-29(25)50-28)46-10-3-2-4-22(18-66-74(62,63)71-30-14-34(68-32(30)16-55)53-11-9-26-39(53)51-42(45)52-41(26)56)17-65-73(60,61)67-19-33-31(70-72(57,58)59)15-35(69-33)54-21-49-37-38(44)47-20-48-40(37)54/h5-9,11-13,20-22,30-35,55H,2-4,10,14-19H2,1H3,(H,46,50)(H,60,61)(H,62,63)(H2,44,47,48)(H2,57,58,59)(H3,45,51,52,56)/t22?,30-,31-,32+,33+,34+,35+/m0/s1. The Kier molecular flexibility index (Phi) is 16.1. The van der Waals surface area contributed by atoms with Crippen LogP contribution in [0.3, 0.4) is 0 Å². The van der Waals surface area contributed by atoms with Crippen LogP contribution in [0.4, 0.5) is 17.5 Å². The maximum absolute atomic E-state index is 13.6. The van der Waals surface area contributed by atoms with Gasteiger partial charge in [0.2, 0.25) is 5.95 Å². The van der Waals surface area contributed by atoms with Crippen molar-refractivity contribution in [2.75, 3.05) is 56.9 Å². The van der Waals surface area contributed by atoms with Crippen molar-refractivity contribution in [2.45, 2.75) is 69.0 Å². The third kappa shape index (κ3) is 12.4. The van der Waals surface area contributed by atoms with E-state index in [-0.39, 0.29) is 53.2 Å². The average molecular weight is 1110 g/mol. The highest BCUT2D eigenvalue weighted by Gasteiger charge is 2.44. The first-order valence-electron chi connectivity index (χ1n) is 22.8. The van der Waals surface area contributed by atoms with Gasteiger partial charge in [-0.15, -0.1) is 0 Å². The first-order valence-corrected chi connectivity index (χ1v) is 27.7. The van der Waals surface area contributed by atoms with Crippen molar-refractivity contribution >= 4 is 96.5 Å². The van der Waals surface area contributed by atoms with Crippen LogP contribution in [0.25, 0.3) is 44.0 Å². The Morgan fingerprint density at radius 3 is 2.34 bits per heavy atom. The van der Waals surface area contributed by atoms with E-state index in [2.05, 4.69) is 30.2 Å². The molecule has 2 aromatic carbocycles. The van der Waals surface area contributed by atoms with E-state index in [9.17, 15) is 43.2 Å². The number of unbranched alkanes of at least 4 members (excludes halogenated alkanes) is 1. The Bertz CT molecular complexity index is 3380. The van der Waals surface area contributed by atoms with Gasteiger partial charge >= 0.3 is 23.5 Å². The maximum Gasteiger partial charge on any atom is 0.472 e. The molecule has 2 fully saturated rings. The molecule has 9 rings (SSSR count). The van der Waals surface area contributed by atoms with Gasteiger partial charge in [0, 0.05) is 47.3 Å². The van der Waals surface area contributed by atoms with Crippen molar-refractivity contribution in [1.82, 2.24) is 39.0 Å². The first-order chi connectivity index (χ1) is 35.3. The van der Waals surface area contributed by atoms with E-state index in [1.54, 1.807) is 25.3 Å². The van der Waals surface area contributed by atoms with E-state index in [1.807, 2.05) is 18.2 Å². The van der Waals surface area contributed by atoms with Crippen LogP contribution in [0.1, 0.15) is 44.6 Å². The van der Waals surface area contributed by atoms with E-state index < -0.39 is 98.2 Å². The molecule has 2 saturated heterocycles. The number of halogens is 1. The molecule has 7 heterocycles. The zero-order chi connectivity index (χ0) is 52.5. The molecule has 2 aliphatic rings. The number of aliphatic hydroxyl groups is 1. The minimum Gasteiger partial charge on any atom is -0.497 e. The summed E-state index contributed by atoms with van der Waals surface area (Å²) >= 11 is 6.31. The molecule has 5 aromatic heterocycles. The number of H-pyrrole nitrogens is 1. The van der Waals surface area contributed by atoms with Crippen LogP contribution >= 0.6 is 35.1 Å². The normalized spacial score (nSPS) is 22.4. The van der Waals surface area contributed by atoms with Gasteiger partial charge in [-0.3, -0.25) is 37.0 Å². The number of hydrogen-bond acceptors (Lipinski definition) is 21. The molecule has 2 aliphatic heterocycles. The van der Waals surface area contributed by atoms with Crippen LogP contribution < -0.4 is 27.1 Å². The van der Waals surface area contributed by atoms with Crippen LogP contribution in [-0.2, 0) is 45.8 Å². The highest BCUT2D eigenvalue weighted by molar-refractivity contribution is 7.47. The number of nitrogen functional groups attached to an aromatic ring is 2. The number of methoxy groups -OCH3 is 1. The quantitative estimate of drug-likeness (QED) is 0.0239. The van der Waals surface area contributed by atoms with Gasteiger partial charge in [0.15, 0.2) is 17.1 Å². The number of anilines is 3. The van der Waals surface area contributed by atoms with Crippen molar-refractivity contribution in [3.63, 3.8) is 0 Å². The maximum atomic E-state index is 13.6. The highest BCUT2D eigenvalue weighted by Crippen LogP contribution is 2.51. The number of imidazole rings is 1. The Morgan fingerprint density at radius 2 is 1.58 bits per heavy atom. The molecule has 28 nitrogen and oxygen atoms in total. The number of nitrogens with two attached hydrogens (primary N) is 2. The lowest BCUT2D eigenvalue weighted by molar-refractivity contribution is -0.0452. The number of nitrogens with zero attached hydrogens (tertiary/aromatic N) is 7. The molecular weight excluding hydrogens is 1060 g/mol. The molecule has 0 aliphatic carbocycles. The zero-order valence-corrected chi connectivity index (χ0v) is 42.5. The predicted octanol–water partition coefficient (Wildman–Crippen LogP) is 4.67. The second-order valence-corrected chi connectivity index (χ2v) is 21.8. The number of phosphoric acid groups is 3. The summed E-state index contributed by atoms with van der Waals surface area (Å²) in [6, 6.07) is 12.4. The fourth-order valence-electron chi connectivity index (χ4n) is 8.83. The van der Waals surface area contributed by atoms with E-state index in [4.69, 9.17) is 64.9 Å². The van der Waals surface area contributed by atoms with Crippen molar-refractivity contribution in [2.24, 2.45) is 5.92 Å². The number of nitrogens with one attached hydrogen (secondary N) is 2. The molecule has 0 bridgehead atoms. The van der Waals surface area contributed by atoms with E-state index in [0.29, 0.717) is 41.2 Å². The lowest BCUT2D eigenvalue weighted by Crippen LogP contribution is -2.28. The average Bonchev–Trinajstić information content (AvgIpc) is 4.16. The number of aromatic nitrogens is 8. The molecule has 3 unspecified atom stereocenters. The Labute approximate surface area is 423 Å². The molecule has 11 N–H and O–H groups in total. The fraction of sp³-hybridized carbons (Fsp3) is 0.429. The number of phosphoric ester groups is 3. The van der Waals surface area contributed by atoms with Crippen LogP contribution in [0.15, 0.2) is 66.1 Å². The largest absolute Gasteiger partial charge is 0.497 e. The van der Waals surface area contributed by atoms with Crippen LogP contribution in [0, 0.1) is 5.92 Å². The summed E-state index contributed by atoms with van der Waals surface area (Å²) < 4.78 is 86.1. The minimum atomic E-state index is -5.12. The molecule has 0 spiro atoms. The smallest absolute Gasteiger partial charge is 0.472 e. The fourth-order valence-corrected chi connectivity index (χ4v) is 11.4. The van der Waals surface area contributed by atoms with Crippen molar-refractivity contribution in [1.29, 1.82) is 0 Å². The van der Waals surface area contributed by atoms with Gasteiger partial charge in [-0.05, 0) is 55.3 Å². The van der Waals surface area contributed by atoms with Gasteiger partial charge < -0.3 is 60.2 Å². The number of benzene rings is 2. The number of aromatic amines is 1. The Hall–Kier alpha value is -5.22. The van der Waals surface area contributed by atoms with Gasteiger partial charge in [0.05, 0.1) is 62.0 Å². The lowest BCUT2D eigenvalue weighted by atomic mass is 10.0. The van der Waals surface area contributed by atoms with E-state index in [0.717, 1.165) is 16.5 Å². The van der Waals surface area contributed by atoms with Crippen LogP contribution in [-0.4, -0.2) is 128 Å². The number of fused-ring (bicyclic) bond motifs is 4. The van der Waals surface area contributed by atoms with E-state index in [1.165, 1.54) is 34.1 Å². The summed E-state index contributed by atoms with van der Waals surface area (Å²) in [5, 5.41) is 16.0. The molecular formula is C42H51ClN11O17P3. The predicted molar refractivity (Wildman–Crippen MR) is 265 cm³/mol. The molecule has 0 amide bonds. The van der Waals surface area contributed by atoms with Gasteiger partial charge in [0.1, 0.15) is 54.5 Å². The van der Waals surface area contributed by atoms with Gasteiger partial charge in [-0.25, -0.2) is 33.6 Å². The molecule has 32 heteroatoms. The molecule has 0 saturated carbocycles. The minimum absolute atomic E-state index is 0.0714. The third-order valence-corrected chi connectivity index (χ3v) is 15.1. The molecule has 9 atom stereocenters. The third-order valence-electron chi connectivity index (χ3n) is 12.3. The second kappa shape index (κ2) is 22.2. The van der Waals surface area contributed by atoms with Crippen molar-refractivity contribution in [3.8, 4) is 5.75 Å². The van der Waals surface area contributed by atoms with Crippen LogP contribution in [0.5, 0.6) is 5.75 Å². The zero-order valence-electron chi connectivity index (χ0n) is 39.0. The number of rotatable bonds is 23. The van der Waals surface area contributed by atoms with Crippen molar-refractivity contribution in [3.05, 3.63) is 76.7 Å². The number of pyridine rings is 1. The molecule has 7 aromatic rings. The van der Waals surface area contributed by atoms with Crippen molar-refractivity contribution < 1.29 is 75.2 Å². The summed E-state index contributed by atoms with van der Waals surface area (Å²) in [5.41, 5.74) is 14.0. The van der Waals surface area contributed by atoms with Gasteiger partial charge in [0.25, 0.3) is 5.56 Å². The number of aliphatic hydroxyl groups excluding tert-OH is 1. The van der Waals surface area contributed by atoms with E-state index >= 15 is 0 Å². The Morgan fingerprint density at radius 1 is 0.838 bits per heavy atom. The molecule has 398 valence electrons. The monoisotopic (exact) mass is 1110 g/mol. The summed E-state index contributed by atoms with van der Waals surface area (Å²) in [6.45, 7) is -2.07. The molecule has 0 radical (unpaired) electrons. The topological polar surface area (TPSA) is 397 Å². The summed E-state index contributed by atoms with van der Waals surface area (Å²) in [4.78, 5) is 77.4. The molecule has 74 heavy (non-hydrogen) atoms. The SMILES string of the molecule is COc1ccc2nc3cc(Cl)ccc3c(NCCCCC(COP(=O)(O)OC[C@H]3O[C@@H](n4cnc5c(N)ncnc54)C[C@@H]3OP(=O)(O)O)COP(=O)(O)O[C@H]3C[C@H](n4ccc5c(=O)[nH]c(N)nc54)O[C@@H]3CO)c2c1. The number of ether oxygens (including phenoxy) is 3.